The second-order valence-electron chi connectivity index (χ2n) is 3.92. The molecule has 8 heteroatoms. The third-order valence-electron chi connectivity index (χ3n) is 1.88. The van der Waals surface area contributed by atoms with Gasteiger partial charge < -0.3 is 5.73 Å². The quantitative estimate of drug-likeness (QED) is 0.676. The summed E-state index contributed by atoms with van der Waals surface area (Å²) in [5.74, 6) is 0.497. The highest BCUT2D eigenvalue weighted by molar-refractivity contribution is 7.90. The fourth-order valence-electron chi connectivity index (χ4n) is 1.02. The fourth-order valence-corrected chi connectivity index (χ4v) is 2.15. The Kier molecular flexibility index (Phi) is 3.76. The molecular formula is C8H17N5O2S. The standard InChI is InChI=1S/C8H17N5O2S/c1-6(2)4-11-16(14,15)12-8-7(9)5-10-13(8)3/h5-6,11-12H,4,9H2,1-3H3. The first-order valence-corrected chi connectivity index (χ1v) is 6.35. The van der Waals surface area contributed by atoms with Crippen LogP contribution in [0.2, 0.25) is 0 Å². The van der Waals surface area contributed by atoms with Gasteiger partial charge in [-0.3, -0.25) is 9.40 Å². The van der Waals surface area contributed by atoms with Crippen molar-refractivity contribution in [3.8, 4) is 0 Å². The Morgan fingerprint density at radius 1 is 1.56 bits per heavy atom. The van der Waals surface area contributed by atoms with E-state index in [1.807, 2.05) is 13.8 Å². The predicted molar refractivity (Wildman–Crippen MR) is 63.0 cm³/mol. The summed E-state index contributed by atoms with van der Waals surface area (Å²) >= 11 is 0. The molecule has 0 aliphatic rings. The van der Waals surface area contributed by atoms with Gasteiger partial charge in [0.05, 0.1) is 11.9 Å². The predicted octanol–water partition coefficient (Wildman–Crippen LogP) is -0.0954. The maximum Gasteiger partial charge on any atom is 0.300 e. The van der Waals surface area contributed by atoms with Crippen LogP contribution in [0.1, 0.15) is 13.8 Å². The van der Waals surface area contributed by atoms with Crippen LogP contribution < -0.4 is 15.2 Å². The molecule has 1 aromatic rings. The third kappa shape index (κ3) is 3.38. The van der Waals surface area contributed by atoms with Gasteiger partial charge in [-0.2, -0.15) is 18.2 Å². The molecule has 7 nitrogen and oxygen atoms in total. The van der Waals surface area contributed by atoms with Gasteiger partial charge in [0, 0.05) is 13.6 Å². The van der Waals surface area contributed by atoms with Gasteiger partial charge in [0.25, 0.3) is 10.2 Å². The van der Waals surface area contributed by atoms with E-state index in [0.29, 0.717) is 6.54 Å². The Morgan fingerprint density at radius 2 is 2.19 bits per heavy atom. The summed E-state index contributed by atoms with van der Waals surface area (Å²) in [5, 5.41) is 3.83. The summed E-state index contributed by atoms with van der Waals surface area (Å²) in [6.45, 7) is 4.20. The van der Waals surface area contributed by atoms with Gasteiger partial charge in [0.2, 0.25) is 0 Å². The first-order chi connectivity index (χ1) is 7.32. The highest BCUT2D eigenvalue weighted by Crippen LogP contribution is 2.16. The smallest absolute Gasteiger partial charge is 0.300 e. The molecule has 0 aliphatic carbocycles. The van der Waals surface area contributed by atoms with Crippen molar-refractivity contribution >= 4 is 21.7 Å². The maximum atomic E-state index is 11.6. The van der Waals surface area contributed by atoms with E-state index in [2.05, 4.69) is 14.5 Å². The minimum atomic E-state index is -3.59. The SMILES string of the molecule is CC(C)CNS(=O)(=O)Nc1c(N)cnn1C. The van der Waals surface area contributed by atoms with Gasteiger partial charge in [-0.05, 0) is 5.92 Å². The molecule has 0 radical (unpaired) electrons. The number of hydrogen-bond donors (Lipinski definition) is 3. The number of aromatic nitrogens is 2. The van der Waals surface area contributed by atoms with E-state index in [1.54, 1.807) is 7.05 Å². The Bertz CT molecular complexity index is 431. The Hall–Kier alpha value is -1.28. The van der Waals surface area contributed by atoms with Crippen molar-refractivity contribution in [1.29, 1.82) is 0 Å². The molecule has 4 N–H and O–H groups in total. The van der Waals surface area contributed by atoms with E-state index in [9.17, 15) is 8.42 Å². The second kappa shape index (κ2) is 4.71. The number of nitrogens with one attached hydrogen (secondary N) is 2. The molecule has 0 unspecified atom stereocenters. The van der Waals surface area contributed by atoms with Gasteiger partial charge in [-0.1, -0.05) is 13.8 Å². The average molecular weight is 247 g/mol. The number of rotatable bonds is 5. The molecule has 92 valence electrons. The zero-order valence-electron chi connectivity index (χ0n) is 9.56. The number of nitrogens with zero attached hydrogens (tertiary/aromatic N) is 2. The monoisotopic (exact) mass is 247 g/mol. The summed E-state index contributed by atoms with van der Waals surface area (Å²) in [7, 11) is -1.98. The largest absolute Gasteiger partial charge is 0.394 e. The van der Waals surface area contributed by atoms with Crippen LogP contribution in [0.5, 0.6) is 0 Å². The maximum absolute atomic E-state index is 11.6. The van der Waals surface area contributed by atoms with Crippen molar-refractivity contribution < 1.29 is 8.42 Å². The molecule has 0 atom stereocenters. The van der Waals surface area contributed by atoms with Gasteiger partial charge in [-0.15, -0.1) is 0 Å². The molecule has 16 heavy (non-hydrogen) atoms. The van der Waals surface area contributed by atoms with E-state index >= 15 is 0 Å². The summed E-state index contributed by atoms with van der Waals surface area (Å²) < 4.78 is 29.3. The van der Waals surface area contributed by atoms with Crippen LogP contribution in [-0.2, 0) is 17.3 Å². The van der Waals surface area contributed by atoms with Crippen molar-refractivity contribution in [2.75, 3.05) is 17.0 Å². The number of nitrogen functional groups attached to an aromatic ring is 1. The highest BCUT2D eigenvalue weighted by atomic mass is 32.2. The van der Waals surface area contributed by atoms with Crippen molar-refractivity contribution in [3.63, 3.8) is 0 Å². The molecule has 0 fully saturated rings. The summed E-state index contributed by atoms with van der Waals surface area (Å²) in [6, 6.07) is 0. The lowest BCUT2D eigenvalue weighted by Crippen LogP contribution is -2.33. The van der Waals surface area contributed by atoms with E-state index in [1.165, 1.54) is 10.9 Å². The number of hydrogen-bond acceptors (Lipinski definition) is 4. The molecule has 0 spiro atoms. The van der Waals surface area contributed by atoms with Gasteiger partial charge in [0.15, 0.2) is 5.82 Å². The normalized spacial score (nSPS) is 12.0. The van der Waals surface area contributed by atoms with E-state index < -0.39 is 10.2 Å². The molecule has 0 aliphatic heterocycles. The summed E-state index contributed by atoms with van der Waals surface area (Å²) in [6.07, 6.45) is 1.39. The molecule has 0 aromatic carbocycles. The van der Waals surface area contributed by atoms with Crippen LogP contribution in [0.3, 0.4) is 0 Å². The molecule has 1 aromatic heterocycles. The van der Waals surface area contributed by atoms with Gasteiger partial charge >= 0.3 is 0 Å². The zero-order chi connectivity index (χ0) is 12.3. The zero-order valence-corrected chi connectivity index (χ0v) is 10.4. The van der Waals surface area contributed by atoms with Crippen LogP contribution in [0, 0.1) is 5.92 Å². The number of nitrogens with two attached hydrogens (primary N) is 1. The first-order valence-electron chi connectivity index (χ1n) is 4.86. The van der Waals surface area contributed by atoms with Crippen LogP contribution >= 0.6 is 0 Å². The minimum absolute atomic E-state index is 0.237. The average Bonchev–Trinajstić information content (AvgIpc) is 2.46. The Balaban J connectivity index is 2.73. The van der Waals surface area contributed by atoms with Crippen molar-refractivity contribution in [1.82, 2.24) is 14.5 Å². The van der Waals surface area contributed by atoms with Crippen molar-refractivity contribution in [3.05, 3.63) is 6.20 Å². The molecular weight excluding hydrogens is 230 g/mol. The summed E-state index contributed by atoms with van der Waals surface area (Å²) in [4.78, 5) is 0. The van der Waals surface area contributed by atoms with Crippen molar-refractivity contribution in [2.24, 2.45) is 13.0 Å². The van der Waals surface area contributed by atoms with Crippen LogP contribution in [0.15, 0.2) is 6.20 Å². The molecule has 0 amide bonds. The van der Waals surface area contributed by atoms with E-state index in [4.69, 9.17) is 5.73 Å². The molecule has 0 saturated heterocycles. The molecule has 0 saturated carbocycles. The lowest BCUT2D eigenvalue weighted by atomic mass is 10.2. The van der Waals surface area contributed by atoms with Crippen molar-refractivity contribution in [2.45, 2.75) is 13.8 Å². The topological polar surface area (TPSA) is 102 Å². The Morgan fingerprint density at radius 3 is 2.62 bits per heavy atom. The third-order valence-corrected chi connectivity index (χ3v) is 2.89. The van der Waals surface area contributed by atoms with Crippen LogP contribution in [-0.4, -0.2) is 24.7 Å². The molecule has 0 bridgehead atoms. The number of aryl methyl sites for hydroxylation is 1. The number of anilines is 2. The summed E-state index contributed by atoms with van der Waals surface area (Å²) in [5.41, 5.74) is 5.86. The van der Waals surface area contributed by atoms with Crippen LogP contribution in [0.4, 0.5) is 11.5 Å². The second-order valence-corrected chi connectivity index (χ2v) is 5.42. The van der Waals surface area contributed by atoms with Crippen LogP contribution in [0.25, 0.3) is 0 Å². The Labute approximate surface area is 95.2 Å². The first kappa shape index (κ1) is 12.8. The molecule has 1 heterocycles. The lowest BCUT2D eigenvalue weighted by molar-refractivity contribution is 0.564. The molecule has 1 rings (SSSR count). The lowest BCUT2D eigenvalue weighted by Gasteiger charge is -2.11. The van der Waals surface area contributed by atoms with Gasteiger partial charge in [0.1, 0.15) is 0 Å². The van der Waals surface area contributed by atoms with E-state index in [0.717, 1.165) is 0 Å². The fraction of sp³-hybridized carbons (Fsp3) is 0.625. The highest BCUT2D eigenvalue weighted by Gasteiger charge is 2.14. The minimum Gasteiger partial charge on any atom is -0.394 e. The van der Waals surface area contributed by atoms with E-state index in [-0.39, 0.29) is 17.4 Å². The van der Waals surface area contributed by atoms with Gasteiger partial charge in [-0.25, -0.2) is 0 Å².